The maximum atomic E-state index is 13.8. The quantitative estimate of drug-likeness (QED) is 0.282. The summed E-state index contributed by atoms with van der Waals surface area (Å²) in [5.41, 5.74) is 3.96. The molecule has 0 N–H and O–H groups in total. The Morgan fingerprint density at radius 3 is 2.56 bits per heavy atom. The van der Waals surface area contributed by atoms with Gasteiger partial charge in [-0.1, -0.05) is 47.6 Å². The highest BCUT2D eigenvalue weighted by atomic mass is 35.5. The van der Waals surface area contributed by atoms with Gasteiger partial charge in [0.05, 0.1) is 22.1 Å². The molecule has 0 radical (unpaired) electrons. The van der Waals surface area contributed by atoms with Crippen molar-refractivity contribution >= 4 is 69.0 Å². The first-order valence-corrected chi connectivity index (χ1v) is 12.6. The van der Waals surface area contributed by atoms with E-state index in [-0.39, 0.29) is 11.7 Å². The molecule has 0 atom stereocenters. The Labute approximate surface area is 211 Å². The fourth-order valence-electron chi connectivity index (χ4n) is 3.80. The van der Waals surface area contributed by atoms with E-state index in [0.717, 1.165) is 26.9 Å². The number of aryl methyl sites for hydroxylation is 1. The Bertz CT molecular complexity index is 1420. The van der Waals surface area contributed by atoms with Crippen molar-refractivity contribution in [2.24, 2.45) is 4.99 Å². The first-order chi connectivity index (χ1) is 16.3. The molecule has 2 heterocycles. The Morgan fingerprint density at radius 1 is 1.00 bits per heavy atom. The van der Waals surface area contributed by atoms with Crippen molar-refractivity contribution in [2.45, 2.75) is 18.7 Å². The first-order valence-electron chi connectivity index (χ1n) is 10.6. The standard InChI is InChI=1S/C26H20ClN3O2S2/c1-15-6-4-9-20(12-15)30-24(32)23(25-29(3)21-14-18(27)10-11-22(21)33-25)34-26(30)28-19-8-5-7-17(13-19)16(2)31/h4-14H,1-3H3/b25-23-,28-26?. The van der Waals surface area contributed by atoms with E-state index < -0.39 is 0 Å². The zero-order valence-electron chi connectivity index (χ0n) is 18.7. The molecule has 2 aliphatic rings. The maximum Gasteiger partial charge on any atom is 0.274 e. The number of amides is 1. The third kappa shape index (κ3) is 4.15. The maximum absolute atomic E-state index is 13.8. The molecular weight excluding hydrogens is 486 g/mol. The summed E-state index contributed by atoms with van der Waals surface area (Å²) >= 11 is 9.10. The number of thioether (sulfide) groups is 2. The lowest BCUT2D eigenvalue weighted by Gasteiger charge is -2.17. The van der Waals surface area contributed by atoms with Gasteiger partial charge in [-0.15, -0.1) is 0 Å². The van der Waals surface area contributed by atoms with Crippen molar-refractivity contribution in [3.8, 4) is 0 Å². The van der Waals surface area contributed by atoms with Gasteiger partial charge >= 0.3 is 0 Å². The monoisotopic (exact) mass is 505 g/mol. The molecule has 8 heteroatoms. The summed E-state index contributed by atoms with van der Waals surface area (Å²) < 4.78 is 0. The Morgan fingerprint density at radius 2 is 1.79 bits per heavy atom. The van der Waals surface area contributed by atoms with Crippen LogP contribution in [0.15, 0.2) is 86.6 Å². The van der Waals surface area contributed by atoms with Gasteiger partial charge in [0.2, 0.25) is 0 Å². The normalized spacial score (nSPS) is 18.7. The van der Waals surface area contributed by atoms with Gasteiger partial charge in [-0.3, -0.25) is 14.5 Å². The van der Waals surface area contributed by atoms with Gasteiger partial charge in [0, 0.05) is 22.5 Å². The molecule has 5 rings (SSSR count). The number of benzene rings is 3. The predicted octanol–water partition coefficient (Wildman–Crippen LogP) is 7.03. The van der Waals surface area contributed by atoms with Gasteiger partial charge in [-0.2, -0.15) is 0 Å². The number of aliphatic imine (C=N–C) groups is 1. The number of hydrogen-bond acceptors (Lipinski definition) is 6. The molecule has 3 aromatic rings. The van der Waals surface area contributed by atoms with Crippen LogP contribution in [0.25, 0.3) is 0 Å². The van der Waals surface area contributed by atoms with Crippen LogP contribution in [0.1, 0.15) is 22.8 Å². The molecule has 0 aromatic heterocycles. The van der Waals surface area contributed by atoms with Crippen molar-refractivity contribution < 1.29 is 9.59 Å². The Kier molecular flexibility index (Phi) is 6.02. The van der Waals surface area contributed by atoms with Crippen molar-refractivity contribution in [3.05, 3.63) is 92.8 Å². The van der Waals surface area contributed by atoms with Crippen LogP contribution >= 0.6 is 35.1 Å². The van der Waals surface area contributed by atoms with Crippen LogP contribution in [0.3, 0.4) is 0 Å². The van der Waals surface area contributed by atoms with Crippen LogP contribution in [0.5, 0.6) is 0 Å². The van der Waals surface area contributed by atoms with E-state index in [4.69, 9.17) is 16.6 Å². The van der Waals surface area contributed by atoms with Crippen molar-refractivity contribution in [1.29, 1.82) is 0 Å². The number of carbonyl (C=O) groups excluding carboxylic acids is 2. The van der Waals surface area contributed by atoms with Crippen LogP contribution in [-0.2, 0) is 4.79 Å². The molecule has 2 aliphatic heterocycles. The number of amidine groups is 1. The summed E-state index contributed by atoms with van der Waals surface area (Å²) in [5, 5.41) is 2.03. The number of Topliss-reactive ketones (excluding diaryl/α,β-unsaturated/α-hetero) is 1. The molecule has 0 saturated carbocycles. The lowest BCUT2D eigenvalue weighted by Crippen LogP contribution is -2.29. The minimum Gasteiger partial charge on any atom is -0.337 e. The van der Waals surface area contributed by atoms with Crippen LogP contribution in [0.2, 0.25) is 5.02 Å². The molecular formula is C26H20ClN3O2S2. The topological polar surface area (TPSA) is 53.0 Å². The lowest BCUT2D eigenvalue weighted by molar-refractivity contribution is -0.113. The summed E-state index contributed by atoms with van der Waals surface area (Å²) in [6, 6.07) is 20.7. The highest BCUT2D eigenvalue weighted by Crippen LogP contribution is 2.51. The molecule has 34 heavy (non-hydrogen) atoms. The molecule has 0 unspecified atom stereocenters. The van der Waals surface area contributed by atoms with E-state index in [1.54, 1.807) is 34.9 Å². The summed E-state index contributed by atoms with van der Waals surface area (Å²) in [6.07, 6.45) is 0. The Hall–Kier alpha value is -3.00. The van der Waals surface area contributed by atoms with Gasteiger partial charge in [-0.05, 0) is 73.6 Å². The number of carbonyl (C=O) groups is 2. The molecule has 0 spiro atoms. The van der Waals surface area contributed by atoms with Crippen molar-refractivity contribution in [1.82, 2.24) is 0 Å². The molecule has 5 nitrogen and oxygen atoms in total. The minimum atomic E-state index is -0.134. The summed E-state index contributed by atoms with van der Waals surface area (Å²) in [5.74, 6) is -0.165. The minimum absolute atomic E-state index is 0.0315. The number of nitrogens with zero attached hydrogens (tertiary/aromatic N) is 3. The number of ketones is 1. The Balaban J connectivity index is 1.62. The zero-order chi connectivity index (χ0) is 24.0. The van der Waals surface area contributed by atoms with Gasteiger partial charge in [0.1, 0.15) is 4.91 Å². The number of halogens is 1. The number of fused-ring (bicyclic) bond motifs is 1. The average molecular weight is 506 g/mol. The van der Waals surface area contributed by atoms with E-state index in [0.29, 0.717) is 26.3 Å². The lowest BCUT2D eigenvalue weighted by atomic mass is 10.1. The first kappa shape index (κ1) is 22.8. The second-order valence-electron chi connectivity index (χ2n) is 7.99. The highest BCUT2D eigenvalue weighted by molar-refractivity contribution is 8.20. The molecule has 1 amide bonds. The third-order valence-electron chi connectivity index (χ3n) is 5.51. The molecule has 0 aliphatic carbocycles. The van der Waals surface area contributed by atoms with Gasteiger partial charge < -0.3 is 4.90 Å². The van der Waals surface area contributed by atoms with Crippen molar-refractivity contribution in [3.63, 3.8) is 0 Å². The van der Waals surface area contributed by atoms with Crippen molar-refractivity contribution in [2.75, 3.05) is 16.8 Å². The number of anilines is 2. The highest BCUT2D eigenvalue weighted by Gasteiger charge is 2.40. The fraction of sp³-hybridized carbons (Fsp3) is 0.115. The van der Waals surface area contributed by atoms with E-state index in [2.05, 4.69) is 0 Å². The van der Waals surface area contributed by atoms with Crippen LogP contribution in [-0.4, -0.2) is 23.9 Å². The van der Waals surface area contributed by atoms with E-state index in [1.165, 1.54) is 18.7 Å². The average Bonchev–Trinajstić information content (AvgIpc) is 3.30. The van der Waals surface area contributed by atoms with Gasteiger partial charge in [0.25, 0.3) is 5.91 Å². The molecule has 0 bridgehead atoms. The fourth-order valence-corrected chi connectivity index (χ4v) is 6.29. The van der Waals surface area contributed by atoms with Gasteiger partial charge in [-0.25, -0.2) is 4.99 Å². The molecule has 170 valence electrons. The van der Waals surface area contributed by atoms with E-state index in [1.807, 2.05) is 67.4 Å². The largest absolute Gasteiger partial charge is 0.337 e. The number of hydrogen-bond donors (Lipinski definition) is 0. The van der Waals surface area contributed by atoms with E-state index in [9.17, 15) is 9.59 Å². The van der Waals surface area contributed by atoms with Gasteiger partial charge in [0.15, 0.2) is 11.0 Å². The third-order valence-corrected chi connectivity index (χ3v) is 8.14. The summed E-state index contributed by atoms with van der Waals surface area (Å²) in [4.78, 5) is 35.7. The zero-order valence-corrected chi connectivity index (χ0v) is 21.1. The second-order valence-corrected chi connectivity index (χ2v) is 10.4. The smallest absolute Gasteiger partial charge is 0.274 e. The van der Waals surface area contributed by atoms with Crippen LogP contribution in [0.4, 0.5) is 17.1 Å². The second kappa shape index (κ2) is 8.98. The summed E-state index contributed by atoms with van der Waals surface area (Å²) in [6.45, 7) is 3.52. The summed E-state index contributed by atoms with van der Waals surface area (Å²) in [7, 11) is 1.94. The molecule has 1 saturated heterocycles. The molecule has 3 aromatic carbocycles. The van der Waals surface area contributed by atoms with E-state index >= 15 is 0 Å². The predicted molar refractivity (Wildman–Crippen MR) is 143 cm³/mol. The number of rotatable bonds is 3. The SMILES string of the molecule is CC(=O)c1cccc(N=C2S/C(=C3\Sc4ccc(Cl)cc4N3C)C(=O)N2c2cccc(C)c2)c1. The van der Waals surface area contributed by atoms with Crippen LogP contribution in [0, 0.1) is 6.92 Å². The van der Waals surface area contributed by atoms with Crippen LogP contribution < -0.4 is 9.80 Å². The molecule has 1 fully saturated rings.